The summed E-state index contributed by atoms with van der Waals surface area (Å²) in [4.78, 5) is 25.6. The van der Waals surface area contributed by atoms with E-state index in [2.05, 4.69) is 54.7 Å². The monoisotopic (exact) mass is 562 g/mol. The van der Waals surface area contributed by atoms with Crippen molar-refractivity contribution in [1.82, 2.24) is 25.1 Å². The largest absolute Gasteiger partial charge is 0.418 e. The lowest BCUT2D eigenvalue weighted by atomic mass is 10.0. The van der Waals surface area contributed by atoms with Crippen molar-refractivity contribution < 1.29 is 18.0 Å². The molecule has 1 fully saturated rings. The molecular weight excluding hydrogens is 533 g/mol. The third-order valence-corrected chi connectivity index (χ3v) is 7.56. The highest BCUT2D eigenvalue weighted by Gasteiger charge is 2.33. The molecule has 0 saturated carbocycles. The van der Waals surface area contributed by atoms with Gasteiger partial charge in [0.25, 0.3) is 5.91 Å². The summed E-state index contributed by atoms with van der Waals surface area (Å²) in [6, 6.07) is 14.7. The molecule has 212 valence electrons. The average molecular weight is 563 g/mol. The minimum absolute atomic E-state index is 0.114. The van der Waals surface area contributed by atoms with Crippen LogP contribution in [0.2, 0.25) is 0 Å². The van der Waals surface area contributed by atoms with Crippen LogP contribution in [0.1, 0.15) is 28.8 Å². The molecule has 0 bridgehead atoms. The summed E-state index contributed by atoms with van der Waals surface area (Å²) < 4.78 is 40.7. The second-order valence-electron chi connectivity index (χ2n) is 10.4. The fourth-order valence-corrected chi connectivity index (χ4v) is 5.35. The van der Waals surface area contributed by atoms with Gasteiger partial charge >= 0.3 is 6.18 Å². The maximum atomic E-state index is 13.7. The molecule has 4 N–H and O–H groups in total. The van der Waals surface area contributed by atoms with E-state index in [-0.39, 0.29) is 17.5 Å². The third-order valence-electron chi connectivity index (χ3n) is 7.56. The number of H-pyrrole nitrogens is 2. The Morgan fingerprint density at radius 2 is 1.83 bits per heavy atom. The third kappa shape index (κ3) is 5.42. The first-order valence-electron chi connectivity index (χ1n) is 13.3. The topological polar surface area (TPSA) is 105 Å². The summed E-state index contributed by atoms with van der Waals surface area (Å²) in [7, 11) is 4.13. The zero-order chi connectivity index (χ0) is 28.7. The standard InChI is InChI=1S/C29H29F3N8O/c1-39(2)19-9-11-40(12-10-19)26-15-25-24(36-28(37-25)35-22-6-4-3-5-21(22)29(30,31)32)14-20(26)27(41)34-18-8-7-17-16-33-38-23(17)13-18/h3-8,13-16,19H,9-12H2,1-2H3,(H,33,38)(H,34,41)(H2,35,36,37). The first kappa shape index (κ1) is 26.6. The molecular formula is C29H29F3N8O. The molecule has 0 unspecified atom stereocenters. The highest BCUT2D eigenvalue weighted by atomic mass is 19.4. The number of aromatic nitrogens is 4. The van der Waals surface area contributed by atoms with Crippen LogP contribution in [0.3, 0.4) is 0 Å². The predicted octanol–water partition coefficient (Wildman–Crippen LogP) is 5.98. The number of carbonyl (C=O) groups excluding carboxylic acids is 1. The average Bonchev–Trinajstić information content (AvgIpc) is 3.57. The number of benzene rings is 3. The molecule has 1 aliphatic heterocycles. The molecule has 0 radical (unpaired) electrons. The summed E-state index contributed by atoms with van der Waals surface area (Å²) in [5, 5.41) is 13.6. The van der Waals surface area contributed by atoms with Gasteiger partial charge in [0, 0.05) is 30.2 Å². The smallest absolute Gasteiger partial charge is 0.371 e. The molecule has 1 aliphatic rings. The van der Waals surface area contributed by atoms with Crippen LogP contribution in [0.15, 0.2) is 60.8 Å². The van der Waals surface area contributed by atoms with Gasteiger partial charge in [-0.25, -0.2) is 4.98 Å². The molecule has 3 aromatic carbocycles. The SMILES string of the molecule is CN(C)C1CCN(c2cc3nc(Nc4ccccc4C(F)(F)F)[nH]c3cc2C(=O)Nc2ccc3cn[nH]c3c2)CC1. The van der Waals surface area contributed by atoms with Crippen molar-refractivity contribution in [2.75, 3.05) is 42.7 Å². The highest BCUT2D eigenvalue weighted by Crippen LogP contribution is 2.36. The molecule has 6 rings (SSSR count). The molecule has 5 aromatic rings. The lowest BCUT2D eigenvalue weighted by molar-refractivity contribution is -0.136. The van der Waals surface area contributed by atoms with E-state index in [0.717, 1.165) is 48.6 Å². The van der Waals surface area contributed by atoms with Gasteiger partial charge in [0.05, 0.1) is 45.2 Å². The van der Waals surface area contributed by atoms with Gasteiger partial charge in [-0.3, -0.25) is 9.89 Å². The van der Waals surface area contributed by atoms with Gasteiger partial charge < -0.3 is 25.4 Å². The van der Waals surface area contributed by atoms with Crippen LogP contribution in [0, 0.1) is 0 Å². The summed E-state index contributed by atoms with van der Waals surface area (Å²) >= 11 is 0. The Morgan fingerprint density at radius 3 is 2.59 bits per heavy atom. The molecule has 0 atom stereocenters. The van der Waals surface area contributed by atoms with E-state index < -0.39 is 11.7 Å². The number of hydrogen-bond acceptors (Lipinski definition) is 6. The number of halogens is 3. The Morgan fingerprint density at radius 1 is 1.05 bits per heavy atom. The number of amides is 1. The van der Waals surface area contributed by atoms with Crippen molar-refractivity contribution in [3.8, 4) is 0 Å². The number of alkyl halides is 3. The van der Waals surface area contributed by atoms with Crippen molar-refractivity contribution in [3.05, 3.63) is 71.9 Å². The fourth-order valence-electron chi connectivity index (χ4n) is 5.35. The Bertz CT molecular complexity index is 1720. The van der Waals surface area contributed by atoms with E-state index >= 15 is 0 Å². The molecule has 0 aliphatic carbocycles. The molecule has 1 amide bonds. The van der Waals surface area contributed by atoms with Gasteiger partial charge in [-0.2, -0.15) is 18.3 Å². The minimum atomic E-state index is -4.52. The first-order chi connectivity index (χ1) is 19.7. The molecule has 2 aromatic heterocycles. The van der Waals surface area contributed by atoms with Crippen LogP contribution < -0.4 is 15.5 Å². The van der Waals surface area contributed by atoms with E-state index in [0.29, 0.717) is 28.3 Å². The van der Waals surface area contributed by atoms with Gasteiger partial charge in [0.1, 0.15) is 0 Å². The summed E-state index contributed by atoms with van der Waals surface area (Å²) in [6.07, 6.45) is -0.943. The van der Waals surface area contributed by atoms with Gasteiger partial charge in [0.15, 0.2) is 0 Å². The van der Waals surface area contributed by atoms with Gasteiger partial charge in [-0.05, 0) is 69.4 Å². The second-order valence-corrected chi connectivity index (χ2v) is 10.4. The zero-order valence-electron chi connectivity index (χ0n) is 22.5. The number of nitrogens with one attached hydrogen (secondary N) is 4. The van der Waals surface area contributed by atoms with Crippen molar-refractivity contribution >= 4 is 50.9 Å². The number of aromatic amines is 2. The van der Waals surface area contributed by atoms with Crippen molar-refractivity contribution in [2.24, 2.45) is 0 Å². The van der Waals surface area contributed by atoms with E-state index in [4.69, 9.17) is 0 Å². The van der Waals surface area contributed by atoms with Crippen LogP contribution >= 0.6 is 0 Å². The highest BCUT2D eigenvalue weighted by molar-refractivity contribution is 6.11. The number of rotatable bonds is 6. The molecule has 9 nitrogen and oxygen atoms in total. The Labute approximate surface area is 233 Å². The molecule has 1 saturated heterocycles. The molecule has 41 heavy (non-hydrogen) atoms. The lowest BCUT2D eigenvalue weighted by Crippen LogP contribution is -2.42. The van der Waals surface area contributed by atoms with Gasteiger partial charge in [0.2, 0.25) is 5.95 Å². The van der Waals surface area contributed by atoms with E-state index in [1.54, 1.807) is 12.3 Å². The lowest BCUT2D eigenvalue weighted by Gasteiger charge is -2.37. The maximum absolute atomic E-state index is 13.7. The van der Waals surface area contributed by atoms with Crippen LogP contribution in [0.5, 0.6) is 0 Å². The summed E-state index contributed by atoms with van der Waals surface area (Å²) in [5.41, 5.74) is 2.74. The number of fused-ring (bicyclic) bond motifs is 2. The van der Waals surface area contributed by atoms with Crippen LogP contribution in [0.4, 0.5) is 36.2 Å². The van der Waals surface area contributed by atoms with E-state index in [1.165, 1.54) is 18.2 Å². The Hall–Kier alpha value is -4.58. The number of imidazole rings is 1. The van der Waals surface area contributed by atoms with Crippen LogP contribution in [-0.2, 0) is 6.18 Å². The van der Waals surface area contributed by atoms with Crippen LogP contribution in [0.25, 0.3) is 21.9 Å². The van der Waals surface area contributed by atoms with Crippen molar-refractivity contribution in [2.45, 2.75) is 25.1 Å². The normalized spacial score (nSPS) is 14.7. The number of hydrogen-bond donors (Lipinski definition) is 4. The second kappa shape index (κ2) is 10.4. The number of carbonyl (C=O) groups is 1. The van der Waals surface area contributed by atoms with Crippen molar-refractivity contribution in [3.63, 3.8) is 0 Å². The quantitative estimate of drug-likeness (QED) is 0.203. The molecule has 0 spiro atoms. The molecule has 3 heterocycles. The number of anilines is 4. The van der Waals surface area contributed by atoms with Crippen LogP contribution in [-0.4, -0.2) is 64.2 Å². The Kier molecular flexibility index (Phi) is 6.78. The summed E-state index contributed by atoms with van der Waals surface area (Å²) in [6.45, 7) is 1.51. The number of piperidine rings is 1. The van der Waals surface area contributed by atoms with Gasteiger partial charge in [-0.15, -0.1) is 0 Å². The zero-order valence-corrected chi connectivity index (χ0v) is 22.5. The minimum Gasteiger partial charge on any atom is -0.371 e. The Balaban J connectivity index is 1.35. The van der Waals surface area contributed by atoms with E-state index in [1.807, 2.05) is 24.3 Å². The number of nitrogens with zero attached hydrogens (tertiary/aromatic N) is 4. The van der Waals surface area contributed by atoms with E-state index in [9.17, 15) is 18.0 Å². The fraction of sp³-hybridized carbons (Fsp3) is 0.276. The number of para-hydroxylation sites is 1. The first-order valence-corrected chi connectivity index (χ1v) is 13.3. The maximum Gasteiger partial charge on any atom is 0.418 e. The summed E-state index contributed by atoms with van der Waals surface area (Å²) in [5.74, 6) is -0.154. The molecule has 12 heteroatoms. The predicted molar refractivity (Wildman–Crippen MR) is 154 cm³/mol. The van der Waals surface area contributed by atoms with Gasteiger partial charge in [-0.1, -0.05) is 12.1 Å². The van der Waals surface area contributed by atoms with Crippen molar-refractivity contribution in [1.29, 1.82) is 0 Å².